The van der Waals surface area contributed by atoms with Gasteiger partial charge >= 0.3 is 0 Å². The van der Waals surface area contributed by atoms with Crippen LogP contribution < -0.4 is 0 Å². The molecule has 1 rings (SSSR count). The van der Waals surface area contributed by atoms with Crippen LogP contribution in [0.2, 0.25) is 0 Å². The molecule has 1 aromatic rings. The second-order valence-corrected chi connectivity index (χ2v) is 6.55. The van der Waals surface area contributed by atoms with Crippen LogP contribution in [0.3, 0.4) is 0 Å². The van der Waals surface area contributed by atoms with Crippen molar-refractivity contribution in [2.75, 3.05) is 0 Å². The molecule has 0 bridgehead atoms. The lowest BCUT2D eigenvalue weighted by molar-refractivity contribution is 0.126. The highest BCUT2D eigenvalue weighted by atomic mass is 35.7. The third-order valence-corrected chi connectivity index (χ3v) is 2.86. The first-order valence-corrected chi connectivity index (χ1v) is 6.54. The van der Waals surface area contributed by atoms with Gasteiger partial charge in [-0.15, -0.1) is 10.2 Å². The number of nitrogens with zero attached hydrogens (tertiary/aromatic N) is 3. The van der Waals surface area contributed by atoms with Crippen LogP contribution in [0.25, 0.3) is 0 Å². The molecule has 0 radical (unpaired) electrons. The van der Waals surface area contributed by atoms with E-state index in [-0.39, 0.29) is 0 Å². The average Bonchev–Trinajstić information content (AvgIpc) is 2.43. The van der Waals surface area contributed by atoms with Crippen molar-refractivity contribution in [2.24, 2.45) is 0 Å². The highest BCUT2D eigenvalue weighted by Gasteiger charge is 2.32. The van der Waals surface area contributed by atoms with E-state index in [1.165, 1.54) is 0 Å². The van der Waals surface area contributed by atoms with Crippen molar-refractivity contribution in [2.45, 2.75) is 37.9 Å². The molecule has 0 fully saturated rings. The Bertz CT molecular complexity index is 492. The van der Waals surface area contributed by atoms with E-state index in [1.807, 2.05) is 0 Å². The summed E-state index contributed by atoms with van der Waals surface area (Å²) in [5, 5.41) is 5.67. The van der Waals surface area contributed by atoms with E-state index in [9.17, 15) is 17.2 Å². The smallest absolute Gasteiger partial charge is 0.291 e. The molecule has 0 amide bonds. The van der Waals surface area contributed by atoms with Crippen LogP contribution >= 0.6 is 10.7 Å². The minimum atomic E-state index is -4.20. The van der Waals surface area contributed by atoms with E-state index in [1.54, 1.807) is 20.8 Å². The van der Waals surface area contributed by atoms with Crippen LogP contribution in [-0.2, 0) is 14.6 Å². The fourth-order valence-corrected chi connectivity index (χ4v) is 2.23. The van der Waals surface area contributed by atoms with Crippen molar-refractivity contribution in [1.29, 1.82) is 0 Å². The van der Waals surface area contributed by atoms with E-state index in [0.717, 1.165) is 4.57 Å². The molecule has 0 aromatic carbocycles. The molecule has 16 heavy (non-hydrogen) atoms. The lowest BCUT2D eigenvalue weighted by Crippen LogP contribution is -2.27. The molecular weight excluding hydrogens is 264 g/mol. The molecule has 0 N–H and O–H groups in total. The largest absolute Gasteiger partial charge is 0.297 e. The zero-order chi connectivity index (χ0) is 12.7. The van der Waals surface area contributed by atoms with Gasteiger partial charge in [-0.3, -0.25) is 4.57 Å². The zero-order valence-electron chi connectivity index (χ0n) is 8.78. The Balaban J connectivity index is 3.56. The van der Waals surface area contributed by atoms with Gasteiger partial charge in [0.05, 0.1) is 0 Å². The standard InChI is InChI=1S/C7H10ClF2N3O2S/c1-7(2,3)13-5(4(9)10)11-12-6(13)16(8,14)15/h4H,1-3H3. The van der Waals surface area contributed by atoms with Gasteiger partial charge in [-0.1, -0.05) is 0 Å². The van der Waals surface area contributed by atoms with Gasteiger partial charge in [0.25, 0.3) is 20.6 Å². The summed E-state index contributed by atoms with van der Waals surface area (Å²) in [6, 6.07) is 0. The molecule has 0 unspecified atom stereocenters. The van der Waals surface area contributed by atoms with E-state index in [4.69, 9.17) is 10.7 Å². The fourth-order valence-electron chi connectivity index (χ4n) is 1.21. The van der Waals surface area contributed by atoms with Crippen LogP contribution in [0, 0.1) is 0 Å². The van der Waals surface area contributed by atoms with Crippen LogP contribution in [-0.4, -0.2) is 23.2 Å². The fraction of sp³-hybridized carbons (Fsp3) is 0.714. The minimum Gasteiger partial charge on any atom is -0.291 e. The molecule has 0 aliphatic heterocycles. The molecule has 0 atom stereocenters. The SMILES string of the molecule is CC(C)(C)n1c(C(F)F)nnc1S(=O)(=O)Cl. The Morgan fingerprint density at radius 1 is 1.31 bits per heavy atom. The second-order valence-electron chi connectivity index (χ2n) is 4.09. The van der Waals surface area contributed by atoms with E-state index < -0.39 is 32.0 Å². The van der Waals surface area contributed by atoms with Crippen LogP contribution in [0.1, 0.15) is 33.0 Å². The minimum absolute atomic E-state index is 0.669. The van der Waals surface area contributed by atoms with Crippen LogP contribution in [0.4, 0.5) is 8.78 Å². The Morgan fingerprint density at radius 3 is 2.12 bits per heavy atom. The van der Waals surface area contributed by atoms with Crippen LogP contribution in [0.15, 0.2) is 5.16 Å². The molecule has 1 heterocycles. The zero-order valence-corrected chi connectivity index (χ0v) is 10.4. The van der Waals surface area contributed by atoms with Gasteiger partial charge < -0.3 is 0 Å². The molecule has 9 heteroatoms. The van der Waals surface area contributed by atoms with Crippen molar-refractivity contribution in [1.82, 2.24) is 14.8 Å². The van der Waals surface area contributed by atoms with Crippen molar-refractivity contribution in [3.05, 3.63) is 5.82 Å². The van der Waals surface area contributed by atoms with E-state index in [0.29, 0.717) is 0 Å². The molecule has 92 valence electrons. The number of aromatic nitrogens is 3. The third-order valence-electron chi connectivity index (χ3n) is 1.74. The number of hydrogen-bond donors (Lipinski definition) is 0. The Labute approximate surface area is 95.8 Å². The van der Waals surface area contributed by atoms with Gasteiger partial charge in [0, 0.05) is 16.2 Å². The quantitative estimate of drug-likeness (QED) is 0.772. The molecular formula is C7H10ClF2N3O2S. The van der Waals surface area contributed by atoms with Gasteiger partial charge in [-0.25, -0.2) is 17.2 Å². The number of hydrogen-bond acceptors (Lipinski definition) is 4. The highest BCUT2D eigenvalue weighted by Crippen LogP contribution is 2.28. The summed E-state index contributed by atoms with van der Waals surface area (Å²) in [6.45, 7) is 4.65. The topological polar surface area (TPSA) is 64.8 Å². The van der Waals surface area contributed by atoms with E-state index in [2.05, 4.69) is 10.2 Å². The van der Waals surface area contributed by atoms with Gasteiger partial charge in [0.1, 0.15) is 0 Å². The summed E-state index contributed by atoms with van der Waals surface area (Å²) in [4.78, 5) is 0. The van der Waals surface area contributed by atoms with Crippen molar-refractivity contribution >= 4 is 19.7 Å². The van der Waals surface area contributed by atoms with Crippen molar-refractivity contribution < 1.29 is 17.2 Å². The lowest BCUT2D eigenvalue weighted by atomic mass is 10.1. The molecule has 0 saturated carbocycles. The lowest BCUT2D eigenvalue weighted by Gasteiger charge is -2.23. The first-order valence-electron chi connectivity index (χ1n) is 4.23. The monoisotopic (exact) mass is 273 g/mol. The van der Waals surface area contributed by atoms with Gasteiger partial charge in [0.2, 0.25) is 5.82 Å². The Hall–Kier alpha value is -0.760. The molecule has 5 nitrogen and oxygen atoms in total. The summed E-state index contributed by atoms with van der Waals surface area (Å²) in [5.74, 6) is -0.716. The Kier molecular flexibility index (Phi) is 3.26. The molecule has 0 aliphatic rings. The summed E-state index contributed by atoms with van der Waals surface area (Å²) in [5.41, 5.74) is -0.910. The number of alkyl halides is 2. The second kappa shape index (κ2) is 3.92. The molecule has 0 aliphatic carbocycles. The first kappa shape index (κ1) is 13.3. The van der Waals surface area contributed by atoms with Gasteiger partial charge in [-0.05, 0) is 20.8 Å². The number of rotatable bonds is 2. The molecule has 0 spiro atoms. The predicted octanol–water partition coefficient (Wildman–Crippen LogP) is 1.90. The molecule has 1 aromatic heterocycles. The molecule has 0 saturated heterocycles. The maximum atomic E-state index is 12.6. The third kappa shape index (κ3) is 2.49. The highest BCUT2D eigenvalue weighted by molar-refractivity contribution is 8.13. The van der Waals surface area contributed by atoms with E-state index >= 15 is 0 Å². The maximum Gasteiger partial charge on any atom is 0.297 e. The number of halogens is 3. The van der Waals surface area contributed by atoms with Crippen molar-refractivity contribution in [3.63, 3.8) is 0 Å². The van der Waals surface area contributed by atoms with Gasteiger partial charge in [-0.2, -0.15) is 0 Å². The van der Waals surface area contributed by atoms with Gasteiger partial charge in [0.15, 0.2) is 0 Å². The summed E-state index contributed by atoms with van der Waals surface area (Å²) < 4.78 is 48.3. The normalized spacial score (nSPS) is 13.4. The average molecular weight is 274 g/mol. The van der Waals surface area contributed by atoms with Crippen molar-refractivity contribution in [3.8, 4) is 0 Å². The maximum absolute atomic E-state index is 12.6. The Morgan fingerprint density at radius 2 is 1.81 bits per heavy atom. The van der Waals surface area contributed by atoms with Crippen LogP contribution in [0.5, 0.6) is 0 Å². The first-order chi connectivity index (χ1) is 7.05. The summed E-state index contributed by atoms with van der Waals surface area (Å²) in [6.07, 6.45) is -2.92. The predicted molar refractivity (Wildman–Crippen MR) is 53.0 cm³/mol. The summed E-state index contributed by atoms with van der Waals surface area (Å²) in [7, 11) is 0.891. The summed E-state index contributed by atoms with van der Waals surface area (Å²) >= 11 is 0.